The van der Waals surface area contributed by atoms with Crippen LogP contribution in [0, 0.1) is 15.5 Å². The van der Waals surface area contributed by atoms with Crippen molar-refractivity contribution in [2.24, 2.45) is 5.41 Å². The van der Waals surface area contributed by atoms with Gasteiger partial charge in [-0.05, 0) is 17.8 Å². The van der Waals surface area contributed by atoms with E-state index in [9.17, 15) is 10.1 Å². The van der Waals surface area contributed by atoms with Gasteiger partial charge in [-0.2, -0.15) is 4.68 Å². The summed E-state index contributed by atoms with van der Waals surface area (Å²) < 4.78 is 1.70. The highest BCUT2D eigenvalue weighted by Crippen LogP contribution is 2.34. The lowest BCUT2D eigenvalue weighted by Crippen LogP contribution is -2.29. The summed E-state index contributed by atoms with van der Waals surface area (Å²) in [5.74, 6) is -0.0773. The van der Waals surface area contributed by atoms with Crippen LogP contribution in [-0.2, 0) is 6.54 Å². The van der Waals surface area contributed by atoms with Crippen LogP contribution in [-0.4, -0.2) is 20.0 Å². The van der Waals surface area contributed by atoms with E-state index in [1.807, 2.05) is 0 Å². The number of rotatable bonds is 8. The van der Waals surface area contributed by atoms with Crippen molar-refractivity contribution in [1.82, 2.24) is 9.78 Å². The highest BCUT2D eigenvalue weighted by atomic mass is 79.9. The Labute approximate surface area is 116 Å². The third kappa shape index (κ3) is 3.80. The van der Waals surface area contributed by atoms with Gasteiger partial charge in [0, 0.05) is 10.7 Å². The van der Waals surface area contributed by atoms with Gasteiger partial charge in [-0.15, -0.1) is 0 Å². The van der Waals surface area contributed by atoms with Gasteiger partial charge in [0.05, 0.1) is 23.9 Å². The third-order valence-corrected chi connectivity index (χ3v) is 4.34. The summed E-state index contributed by atoms with van der Waals surface area (Å²) in [4.78, 5) is 10.2. The molecule has 0 radical (unpaired) electrons. The molecule has 0 saturated carbocycles. The van der Waals surface area contributed by atoms with Crippen molar-refractivity contribution in [2.75, 3.05) is 5.33 Å². The Bertz CT molecular complexity index is 386. The molecule has 0 N–H and O–H groups in total. The predicted molar refractivity (Wildman–Crippen MR) is 74.9 cm³/mol. The smallest absolute Gasteiger partial charge is 0.358 e. The van der Waals surface area contributed by atoms with Crippen LogP contribution in [0.15, 0.2) is 12.3 Å². The minimum Gasteiger partial charge on any atom is -0.358 e. The van der Waals surface area contributed by atoms with Gasteiger partial charge in [-0.25, -0.2) is 0 Å². The summed E-state index contributed by atoms with van der Waals surface area (Å²) in [5, 5.41) is 15.5. The summed E-state index contributed by atoms with van der Waals surface area (Å²) in [6, 6.07) is 1.46. The van der Waals surface area contributed by atoms with E-state index < -0.39 is 4.92 Å². The number of halogens is 1. The van der Waals surface area contributed by atoms with Crippen molar-refractivity contribution in [3.63, 3.8) is 0 Å². The molecular formula is C12H20BrN3O2. The molecule has 5 nitrogen and oxygen atoms in total. The van der Waals surface area contributed by atoms with Gasteiger partial charge in [0.1, 0.15) is 0 Å². The molecule has 1 aromatic rings. The Morgan fingerprint density at radius 3 is 2.44 bits per heavy atom. The van der Waals surface area contributed by atoms with Crippen LogP contribution in [0.1, 0.15) is 39.5 Å². The standard InChI is InChI=1S/C12H20BrN3O2/c1-3-6-12(9-13,7-4-2)10-15-8-5-11(14-15)16(17)18/h5,8H,3-4,6-7,9-10H2,1-2H3. The van der Waals surface area contributed by atoms with E-state index in [0.29, 0.717) is 0 Å². The molecule has 6 heteroatoms. The second-order valence-corrected chi connectivity index (χ2v) is 5.32. The normalized spacial score (nSPS) is 11.7. The van der Waals surface area contributed by atoms with Gasteiger partial charge in [-0.3, -0.25) is 0 Å². The molecule has 0 aliphatic rings. The maximum atomic E-state index is 10.6. The molecule has 102 valence electrons. The monoisotopic (exact) mass is 317 g/mol. The van der Waals surface area contributed by atoms with Gasteiger partial charge in [0.2, 0.25) is 0 Å². The first kappa shape index (κ1) is 15.1. The zero-order chi connectivity index (χ0) is 13.6. The molecule has 0 aliphatic carbocycles. The van der Waals surface area contributed by atoms with Crippen LogP contribution in [0.4, 0.5) is 5.82 Å². The molecule has 0 aliphatic heterocycles. The van der Waals surface area contributed by atoms with Crippen LogP contribution < -0.4 is 0 Å². The van der Waals surface area contributed by atoms with Crippen molar-refractivity contribution >= 4 is 21.7 Å². The van der Waals surface area contributed by atoms with Crippen molar-refractivity contribution in [2.45, 2.75) is 46.1 Å². The summed E-state index contributed by atoms with van der Waals surface area (Å²) in [6.07, 6.45) is 6.10. The van der Waals surface area contributed by atoms with Gasteiger partial charge in [0.25, 0.3) is 0 Å². The fourth-order valence-corrected chi connectivity index (χ4v) is 3.14. The average molecular weight is 318 g/mol. The number of hydrogen-bond acceptors (Lipinski definition) is 3. The lowest BCUT2D eigenvalue weighted by molar-refractivity contribution is -0.389. The predicted octanol–water partition coefficient (Wildman–Crippen LogP) is 3.77. The minimum absolute atomic E-state index is 0.0773. The number of nitro groups is 1. The summed E-state index contributed by atoms with van der Waals surface area (Å²) in [5.41, 5.74) is 0.142. The topological polar surface area (TPSA) is 61.0 Å². The fraction of sp³-hybridized carbons (Fsp3) is 0.750. The first-order chi connectivity index (χ1) is 8.56. The highest BCUT2D eigenvalue weighted by Gasteiger charge is 2.29. The molecule has 0 fully saturated rings. The Morgan fingerprint density at radius 2 is 2.06 bits per heavy atom. The Balaban J connectivity index is 2.83. The van der Waals surface area contributed by atoms with E-state index in [1.54, 1.807) is 10.9 Å². The Hall–Kier alpha value is -0.910. The fourth-order valence-electron chi connectivity index (χ4n) is 2.40. The van der Waals surface area contributed by atoms with E-state index in [4.69, 9.17) is 0 Å². The molecule has 1 rings (SSSR count). The number of nitrogens with zero attached hydrogens (tertiary/aromatic N) is 3. The van der Waals surface area contributed by atoms with Crippen LogP contribution in [0.3, 0.4) is 0 Å². The average Bonchev–Trinajstić information content (AvgIpc) is 2.78. The molecular weight excluding hydrogens is 298 g/mol. The quantitative estimate of drug-likeness (QED) is 0.416. The second-order valence-electron chi connectivity index (χ2n) is 4.76. The molecule has 0 atom stereocenters. The number of hydrogen-bond donors (Lipinski definition) is 0. The molecule has 0 unspecified atom stereocenters. The van der Waals surface area contributed by atoms with Gasteiger partial charge < -0.3 is 10.1 Å². The largest absolute Gasteiger partial charge is 0.389 e. The zero-order valence-electron chi connectivity index (χ0n) is 10.9. The molecule has 1 heterocycles. The Kier molecular flexibility index (Phi) is 5.78. The molecule has 0 bridgehead atoms. The van der Waals surface area contributed by atoms with Gasteiger partial charge in [-0.1, -0.05) is 42.6 Å². The second kappa shape index (κ2) is 6.87. The van der Waals surface area contributed by atoms with Crippen LogP contribution in [0.2, 0.25) is 0 Å². The van der Waals surface area contributed by atoms with Gasteiger partial charge >= 0.3 is 5.82 Å². The molecule has 0 saturated heterocycles. The van der Waals surface area contributed by atoms with Crippen molar-refractivity contribution in [1.29, 1.82) is 0 Å². The number of aromatic nitrogens is 2. The first-order valence-electron chi connectivity index (χ1n) is 6.30. The van der Waals surface area contributed by atoms with Crippen molar-refractivity contribution < 1.29 is 4.92 Å². The minimum atomic E-state index is -0.452. The third-order valence-electron chi connectivity index (χ3n) is 3.16. The molecule has 0 spiro atoms. The van der Waals surface area contributed by atoms with E-state index in [1.165, 1.54) is 6.07 Å². The van der Waals surface area contributed by atoms with E-state index >= 15 is 0 Å². The summed E-state index contributed by atoms with van der Waals surface area (Å²) in [7, 11) is 0. The van der Waals surface area contributed by atoms with Crippen LogP contribution in [0.25, 0.3) is 0 Å². The number of alkyl halides is 1. The van der Waals surface area contributed by atoms with Crippen molar-refractivity contribution in [3.8, 4) is 0 Å². The highest BCUT2D eigenvalue weighted by molar-refractivity contribution is 9.09. The molecule has 1 aromatic heterocycles. The Morgan fingerprint density at radius 1 is 1.44 bits per heavy atom. The van der Waals surface area contributed by atoms with E-state index in [2.05, 4.69) is 34.9 Å². The molecule has 0 aromatic carbocycles. The zero-order valence-corrected chi connectivity index (χ0v) is 12.5. The lowest BCUT2D eigenvalue weighted by Gasteiger charge is -2.30. The van der Waals surface area contributed by atoms with Crippen LogP contribution in [0.5, 0.6) is 0 Å². The molecule has 0 amide bonds. The lowest BCUT2D eigenvalue weighted by atomic mass is 9.81. The first-order valence-corrected chi connectivity index (χ1v) is 7.43. The maximum absolute atomic E-state index is 10.6. The van der Waals surface area contributed by atoms with E-state index in [0.717, 1.165) is 37.6 Å². The summed E-state index contributed by atoms with van der Waals surface area (Å²) >= 11 is 3.59. The van der Waals surface area contributed by atoms with E-state index in [-0.39, 0.29) is 11.2 Å². The van der Waals surface area contributed by atoms with Crippen LogP contribution >= 0.6 is 15.9 Å². The molecule has 18 heavy (non-hydrogen) atoms. The summed E-state index contributed by atoms with van der Waals surface area (Å²) in [6.45, 7) is 5.06. The van der Waals surface area contributed by atoms with Gasteiger partial charge in [0.15, 0.2) is 0 Å². The maximum Gasteiger partial charge on any atom is 0.389 e. The SMILES string of the molecule is CCCC(CBr)(CCC)Cn1ccc([N+](=O)[O-])n1. The van der Waals surface area contributed by atoms with Crippen molar-refractivity contribution in [3.05, 3.63) is 22.4 Å².